The van der Waals surface area contributed by atoms with Gasteiger partial charge in [0.1, 0.15) is 0 Å². The Hall–Kier alpha value is -0.480. The van der Waals surface area contributed by atoms with Crippen molar-refractivity contribution in [2.75, 3.05) is 12.3 Å². The van der Waals surface area contributed by atoms with Gasteiger partial charge in [0.15, 0.2) is 0 Å². The summed E-state index contributed by atoms with van der Waals surface area (Å²) in [6.45, 7) is 3.26. The van der Waals surface area contributed by atoms with Crippen LogP contribution in [0.5, 0.6) is 0 Å². The van der Waals surface area contributed by atoms with Gasteiger partial charge in [-0.15, -0.1) is 11.3 Å². The first-order valence-corrected chi connectivity index (χ1v) is 8.76. The zero-order valence-corrected chi connectivity index (χ0v) is 13.3. The van der Waals surface area contributed by atoms with Crippen molar-refractivity contribution in [2.45, 2.75) is 18.7 Å². The molecule has 1 aromatic carbocycles. The van der Waals surface area contributed by atoms with Crippen LogP contribution in [0.1, 0.15) is 23.4 Å². The van der Waals surface area contributed by atoms with E-state index >= 15 is 0 Å². The Bertz CT molecular complexity index is 467. The molecule has 0 spiro atoms. The Morgan fingerprint density at radius 3 is 2.74 bits per heavy atom. The van der Waals surface area contributed by atoms with Crippen molar-refractivity contribution in [3.63, 3.8) is 0 Å². The fourth-order valence-electron chi connectivity index (χ4n) is 1.76. The van der Waals surface area contributed by atoms with Crippen LogP contribution in [0.2, 0.25) is 5.02 Å². The van der Waals surface area contributed by atoms with Gasteiger partial charge in [-0.1, -0.05) is 29.8 Å². The molecule has 2 rings (SSSR count). The largest absolute Gasteiger partial charge is 0.309 e. The molecule has 0 aliphatic heterocycles. The summed E-state index contributed by atoms with van der Waals surface area (Å²) < 4.78 is 0. The maximum Gasteiger partial charge on any atom is 0.0406 e. The van der Waals surface area contributed by atoms with Crippen LogP contribution in [0.4, 0.5) is 0 Å². The molecule has 0 radical (unpaired) electrons. The first-order chi connectivity index (χ1) is 9.25. The molecule has 1 atom stereocenters. The summed E-state index contributed by atoms with van der Waals surface area (Å²) in [6.07, 6.45) is 0. The lowest BCUT2D eigenvalue weighted by Gasteiger charge is -2.11. The van der Waals surface area contributed by atoms with Crippen LogP contribution in [0.25, 0.3) is 0 Å². The summed E-state index contributed by atoms with van der Waals surface area (Å²) >= 11 is 9.62. The molecule has 0 amide bonds. The van der Waals surface area contributed by atoms with Crippen molar-refractivity contribution >= 4 is 34.7 Å². The van der Waals surface area contributed by atoms with Gasteiger partial charge in [-0.2, -0.15) is 11.8 Å². The minimum atomic E-state index is 0.455. The van der Waals surface area contributed by atoms with E-state index in [4.69, 9.17) is 11.6 Å². The second-order valence-corrected chi connectivity index (χ2v) is 6.89. The van der Waals surface area contributed by atoms with Crippen molar-refractivity contribution in [1.82, 2.24) is 5.32 Å². The summed E-state index contributed by atoms with van der Waals surface area (Å²) in [5.41, 5.74) is 1.33. The van der Waals surface area contributed by atoms with Gasteiger partial charge in [0.2, 0.25) is 0 Å². The number of rotatable bonds is 7. The van der Waals surface area contributed by atoms with Gasteiger partial charge in [0.05, 0.1) is 0 Å². The van der Waals surface area contributed by atoms with Crippen LogP contribution < -0.4 is 5.32 Å². The van der Waals surface area contributed by atoms with Gasteiger partial charge >= 0.3 is 0 Å². The zero-order chi connectivity index (χ0) is 13.5. The molecule has 19 heavy (non-hydrogen) atoms. The molecule has 0 aliphatic carbocycles. The normalized spacial score (nSPS) is 12.5. The summed E-state index contributed by atoms with van der Waals surface area (Å²) in [5.74, 6) is 2.17. The fraction of sp³-hybridized carbons (Fsp3) is 0.333. The SMILES string of the molecule is CC(NCCSCc1ccc(Cl)cc1)c1cccs1. The third-order valence-electron chi connectivity index (χ3n) is 2.85. The number of nitrogens with one attached hydrogen (secondary N) is 1. The number of benzene rings is 1. The van der Waals surface area contributed by atoms with Gasteiger partial charge in [-0.25, -0.2) is 0 Å². The highest BCUT2D eigenvalue weighted by Gasteiger charge is 2.04. The number of hydrogen-bond acceptors (Lipinski definition) is 3. The van der Waals surface area contributed by atoms with E-state index in [-0.39, 0.29) is 0 Å². The van der Waals surface area contributed by atoms with Gasteiger partial charge in [0.25, 0.3) is 0 Å². The molecule has 1 unspecified atom stereocenters. The summed E-state index contributed by atoms with van der Waals surface area (Å²) in [5, 5.41) is 6.48. The quantitative estimate of drug-likeness (QED) is 0.723. The van der Waals surface area contributed by atoms with Gasteiger partial charge in [-0.3, -0.25) is 0 Å². The van der Waals surface area contributed by atoms with Gasteiger partial charge in [0, 0.05) is 34.0 Å². The molecule has 1 nitrogen and oxygen atoms in total. The highest BCUT2D eigenvalue weighted by molar-refractivity contribution is 7.98. The molecule has 102 valence electrons. The molecule has 0 aliphatic rings. The minimum Gasteiger partial charge on any atom is -0.309 e. The Morgan fingerprint density at radius 2 is 2.05 bits per heavy atom. The maximum absolute atomic E-state index is 5.86. The van der Waals surface area contributed by atoms with E-state index in [1.165, 1.54) is 10.4 Å². The van der Waals surface area contributed by atoms with E-state index in [1.807, 2.05) is 35.2 Å². The van der Waals surface area contributed by atoms with Gasteiger partial charge in [-0.05, 0) is 36.1 Å². The third kappa shape index (κ3) is 5.19. The van der Waals surface area contributed by atoms with E-state index in [9.17, 15) is 0 Å². The molecule has 1 aromatic heterocycles. The highest BCUT2D eigenvalue weighted by atomic mass is 35.5. The first-order valence-electron chi connectivity index (χ1n) is 6.34. The van der Waals surface area contributed by atoms with Gasteiger partial charge < -0.3 is 5.32 Å². The van der Waals surface area contributed by atoms with Crippen LogP contribution in [0, 0.1) is 0 Å². The minimum absolute atomic E-state index is 0.455. The fourth-order valence-corrected chi connectivity index (χ4v) is 3.48. The van der Waals surface area contributed by atoms with E-state index in [0.29, 0.717) is 6.04 Å². The standard InChI is InChI=1S/C15H18ClNS2/c1-12(15-3-2-9-19-15)17-8-10-18-11-13-4-6-14(16)7-5-13/h2-7,9,12,17H,8,10-11H2,1H3. The molecule has 0 fully saturated rings. The first kappa shape index (κ1) is 14.9. The second kappa shape index (κ2) is 7.95. The summed E-state index contributed by atoms with van der Waals surface area (Å²) in [6, 6.07) is 12.8. The summed E-state index contributed by atoms with van der Waals surface area (Å²) in [7, 11) is 0. The molecule has 4 heteroatoms. The molecule has 0 saturated carbocycles. The van der Waals surface area contributed by atoms with Crippen LogP contribution in [0.15, 0.2) is 41.8 Å². The Morgan fingerprint density at radius 1 is 1.26 bits per heavy atom. The van der Waals surface area contributed by atoms with Crippen molar-refractivity contribution in [3.05, 3.63) is 57.2 Å². The molecule has 1 N–H and O–H groups in total. The Balaban J connectivity index is 1.61. The van der Waals surface area contributed by atoms with Crippen LogP contribution in [-0.2, 0) is 5.75 Å². The third-order valence-corrected chi connectivity index (χ3v) is 5.19. The number of halogens is 1. The molecule has 1 heterocycles. The van der Waals surface area contributed by atoms with Crippen molar-refractivity contribution in [3.8, 4) is 0 Å². The molecule has 2 aromatic rings. The lowest BCUT2D eigenvalue weighted by Crippen LogP contribution is -2.20. The predicted octanol–water partition coefficient (Wildman–Crippen LogP) is 4.99. The van der Waals surface area contributed by atoms with Crippen LogP contribution in [-0.4, -0.2) is 12.3 Å². The smallest absolute Gasteiger partial charge is 0.0406 e. The predicted molar refractivity (Wildman–Crippen MR) is 88.4 cm³/mol. The van der Waals surface area contributed by atoms with Crippen LogP contribution >= 0.6 is 34.7 Å². The summed E-state index contributed by atoms with van der Waals surface area (Å²) in [4.78, 5) is 1.41. The zero-order valence-electron chi connectivity index (χ0n) is 10.9. The highest BCUT2D eigenvalue weighted by Crippen LogP contribution is 2.18. The Labute approximate surface area is 128 Å². The van der Waals surface area contributed by atoms with Crippen molar-refractivity contribution in [1.29, 1.82) is 0 Å². The van der Waals surface area contributed by atoms with E-state index in [1.54, 1.807) is 0 Å². The topological polar surface area (TPSA) is 12.0 Å². The lowest BCUT2D eigenvalue weighted by molar-refractivity contribution is 0.610. The van der Waals surface area contributed by atoms with E-state index in [0.717, 1.165) is 23.1 Å². The van der Waals surface area contributed by atoms with Crippen LogP contribution in [0.3, 0.4) is 0 Å². The maximum atomic E-state index is 5.86. The molecule has 0 saturated heterocycles. The average molecular weight is 312 g/mol. The van der Waals surface area contributed by atoms with Crippen molar-refractivity contribution in [2.24, 2.45) is 0 Å². The lowest BCUT2D eigenvalue weighted by atomic mass is 10.2. The molecular weight excluding hydrogens is 294 g/mol. The Kier molecular flexibility index (Phi) is 6.24. The molecule has 0 bridgehead atoms. The van der Waals surface area contributed by atoms with E-state index in [2.05, 4.69) is 41.9 Å². The average Bonchev–Trinajstić information content (AvgIpc) is 2.94. The second-order valence-electron chi connectivity index (χ2n) is 4.37. The molecular formula is C15H18ClNS2. The van der Waals surface area contributed by atoms with Crippen molar-refractivity contribution < 1.29 is 0 Å². The monoisotopic (exact) mass is 311 g/mol. The number of hydrogen-bond donors (Lipinski definition) is 1. The number of thiophene rings is 1. The number of thioether (sulfide) groups is 1. The van der Waals surface area contributed by atoms with E-state index < -0.39 is 0 Å².